The standard InChI is InChI=1S/C31H43N3O3/c1-5-9-26(29(32)35)27(18-21(2)3)30(36)33-28-12-6-7-17-34(31(28)37)20-23-10-8-11-25(19-23)24-15-13-22(4)14-16-24/h8,10-11,13-16,19,21,26-28H,5-7,9,12,17-18,20H2,1-4H3,(H2,32,35)(H,33,36)/t26-,27?,28?/m0/s1. The zero-order chi connectivity index (χ0) is 26.9. The molecule has 1 fully saturated rings. The third kappa shape index (κ3) is 7.91. The highest BCUT2D eigenvalue weighted by Crippen LogP contribution is 2.27. The number of nitrogens with zero attached hydrogens (tertiary/aromatic N) is 1. The number of aryl methyl sites for hydroxylation is 1. The Balaban J connectivity index is 1.75. The van der Waals surface area contributed by atoms with E-state index in [1.54, 1.807) is 0 Å². The minimum atomic E-state index is -0.583. The first-order valence-corrected chi connectivity index (χ1v) is 13.7. The molecule has 1 aliphatic rings. The molecule has 0 bridgehead atoms. The van der Waals surface area contributed by atoms with Gasteiger partial charge in [-0.25, -0.2) is 0 Å². The number of nitrogens with one attached hydrogen (secondary N) is 1. The van der Waals surface area contributed by atoms with Crippen LogP contribution >= 0.6 is 0 Å². The average Bonchev–Trinajstić information content (AvgIpc) is 3.03. The van der Waals surface area contributed by atoms with Crippen LogP contribution in [0.4, 0.5) is 0 Å². The lowest BCUT2D eigenvalue weighted by atomic mass is 9.81. The van der Waals surface area contributed by atoms with Crippen LogP contribution in [0.25, 0.3) is 11.1 Å². The summed E-state index contributed by atoms with van der Waals surface area (Å²) in [6, 6.07) is 16.1. The van der Waals surface area contributed by atoms with E-state index in [2.05, 4.69) is 48.6 Å². The van der Waals surface area contributed by atoms with Crippen LogP contribution in [0.15, 0.2) is 48.5 Å². The Morgan fingerprint density at radius 2 is 1.78 bits per heavy atom. The van der Waals surface area contributed by atoms with E-state index in [0.29, 0.717) is 32.4 Å². The minimum absolute atomic E-state index is 0.0546. The SMILES string of the molecule is CCC[C@H](C(N)=O)C(CC(C)C)C(=O)NC1CCCCN(Cc2cccc(-c3ccc(C)cc3)c2)C1=O. The van der Waals surface area contributed by atoms with E-state index >= 15 is 0 Å². The number of amides is 3. The lowest BCUT2D eigenvalue weighted by molar-refractivity contribution is -0.139. The fourth-order valence-electron chi connectivity index (χ4n) is 5.31. The molecule has 0 radical (unpaired) electrons. The van der Waals surface area contributed by atoms with Crippen molar-refractivity contribution in [1.82, 2.24) is 10.2 Å². The highest BCUT2D eigenvalue weighted by atomic mass is 16.2. The molecule has 3 N–H and O–H groups in total. The molecule has 6 heteroatoms. The maximum atomic E-state index is 13.6. The van der Waals surface area contributed by atoms with Crippen molar-refractivity contribution >= 4 is 17.7 Å². The fourth-order valence-corrected chi connectivity index (χ4v) is 5.31. The van der Waals surface area contributed by atoms with E-state index < -0.39 is 23.8 Å². The Labute approximate surface area is 222 Å². The van der Waals surface area contributed by atoms with Gasteiger partial charge in [0, 0.05) is 24.9 Å². The lowest BCUT2D eigenvalue weighted by Gasteiger charge is -2.29. The van der Waals surface area contributed by atoms with E-state index in [1.807, 2.05) is 37.8 Å². The van der Waals surface area contributed by atoms with Gasteiger partial charge in [0.15, 0.2) is 0 Å². The number of carbonyl (C=O) groups excluding carboxylic acids is 3. The highest BCUT2D eigenvalue weighted by molar-refractivity contribution is 5.91. The number of hydrogen-bond acceptors (Lipinski definition) is 3. The van der Waals surface area contributed by atoms with E-state index in [4.69, 9.17) is 5.73 Å². The second-order valence-corrected chi connectivity index (χ2v) is 10.9. The van der Waals surface area contributed by atoms with E-state index in [9.17, 15) is 14.4 Å². The van der Waals surface area contributed by atoms with Gasteiger partial charge in [0.25, 0.3) is 0 Å². The predicted molar refractivity (Wildman–Crippen MR) is 148 cm³/mol. The minimum Gasteiger partial charge on any atom is -0.369 e. The van der Waals surface area contributed by atoms with Gasteiger partial charge in [-0.1, -0.05) is 75.2 Å². The van der Waals surface area contributed by atoms with E-state index in [0.717, 1.165) is 36.0 Å². The van der Waals surface area contributed by atoms with Crippen molar-refractivity contribution in [2.24, 2.45) is 23.5 Å². The Morgan fingerprint density at radius 3 is 2.43 bits per heavy atom. The van der Waals surface area contributed by atoms with Crippen molar-refractivity contribution in [2.45, 2.75) is 78.8 Å². The van der Waals surface area contributed by atoms with Crippen molar-refractivity contribution in [3.8, 4) is 11.1 Å². The van der Waals surface area contributed by atoms with Gasteiger partial charge in [-0.15, -0.1) is 0 Å². The number of nitrogens with two attached hydrogens (primary N) is 1. The maximum absolute atomic E-state index is 13.6. The molecule has 0 aliphatic carbocycles. The monoisotopic (exact) mass is 505 g/mol. The molecule has 37 heavy (non-hydrogen) atoms. The highest BCUT2D eigenvalue weighted by Gasteiger charge is 2.35. The molecule has 2 aromatic carbocycles. The number of likely N-dealkylation sites (tertiary alicyclic amines) is 1. The third-order valence-electron chi connectivity index (χ3n) is 7.30. The largest absolute Gasteiger partial charge is 0.369 e. The fraction of sp³-hybridized carbons (Fsp3) is 0.516. The Bertz CT molecular complexity index is 1060. The summed E-state index contributed by atoms with van der Waals surface area (Å²) in [7, 11) is 0. The molecule has 0 aromatic heterocycles. The van der Waals surface area contributed by atoms with Gasteiger partial charge < -0.3 is 16.0 Å². The molecule has 1 saturated heterocycles. The molecule has 6 nitrogen and oxygen atoms in total. The Morgan fingerprint density at radius 1 is 1.05 bits per heavy atom. The van der Waals surface area contributed by atoms with Gasteiger partial charge in [0.05, 0.1) is 0 Å². The summed E-state index contributed by atoms with van der Waals surface area (Å²) in [6.07, 6.45) is 4.27. The normalized spacial score (nSPS) is 17.8. The van der Waals surface area contributed by atoms with Crippen LogP contribution in [0.1, 0.15) is 70.4 Å². The third-order valence-corrected chi connectivity index (χ3v) is 7.30. The van der Waals surface area contributed by atoms with Crippen LogP contribution in [-0.4, -0.2) is 35.2 Å². The lowest BCUT2D eigenvalue weighted by Crippen LogP contribution is -2.50. The topological polar surface area (TPSA) is 92.5 Å². The van der Waals surface area contributed by atoms with E-state index in [-0.39, 0.29) is 17.7 Å². The van der Waals surface area contributed by atoms with Crippen molar-refractivity contribution in [3.05, 3.63) is 59.7 Å². The van der Waals surface area contributed by atoms with Gasteiger partial charge in [-0.2, -0.15) is 0 Å². The summed E-state index contributed by atoms with van der Waals surface area (Å²) in [4.78, 5) is 41.1. The molecule has 3 atom stereocenters. The molecule has 1 heterocycles. The number of carbonyl (C=O) groups is 3. The predicted octanol–water partition coefficient (Wildman–Crippen LogP) is 5.22. The number of benzene rings is 2. The van der Waals surface area contributed by atoms with Gasteiger partial charge in [-0.3, -0.25) is 14.4 Å². The molecular weight excluding hydrogens is 462 g/mol. The van der Waals surface area contributed by atoms with Gasteiger partial charge >= 0.3 is 0 Å². The number of hydrogen-bond donors (Lipinski definition) is 2. The van der Waals surface area contributed by atoms with Crippen LogP contribution in [0.3, 0.4) is 0 Å². The van der Waals surface area contributed by atoms with Gasteiger partial charge in [-0.05, 0) is 67.7 Å². The second-order valence-electron chi connectivity index (χ2n) is 10.9. The molecular formula is C31H43N3O3. The summed E-state index contributed by atoms with van der Waals surface area (Å²) in [5, 5.41) is 3.03. The smallest absolute Gasteiger partial charge is 0.245 e. The summed E-state index contributed by atoms with van der Waals surface area (Å²) in [5.41, 5.74) is 10.2. The first kappa shape index (κ1) is 28.4. The summed E-state index contributed by atoms with van der Waals surface area (Å²) >= 11 is 0. The molecule has 3 rings (SSSR count). The molecule has 200 valence electrons. The van der Waals surface area contributed by atoms with Crippen molar-refractivity contribution < 1.29 is 14.4 Å². The van der Waals surface area contributed by atoms with Crippen LogP contribution < -0.4 is 11.1 Å². The molecule has 0 saturated carbocycles. The van der Waals surface area contributed by atoms with Crippen LogP contribution in [0, 0.1) is 24.7 Å². The van der Waals surface area contributed by atoms with Gasteiger partial charge in [0.2, 0.25) is 17.7 Å². The van der Waals surface area contributed by atoms with Crippen molar-refractivity contribution in [2.75, 3.05) is 6.54 Å². The Kier molecular flexibility index (Phi) is 10.3. The second kappa shape index (κ2) is 13.4. The first-order chi connectivity index (χ1) is 17.7. The van der Waals surface area contributed by atoms with Crippen molar-refractivity contribution in [3.63, 3.8) is 0 Å². The summed E-state index contributed by atoms with van der Waals surface area (Å²) in [6.45, 7) is 9.29. The first-order valence-electron chi connectivity index (χ1n) is 13.7. The zero-order valence-electron chi connectivity index (χ0n) is 22.8. The summed E-state index contributed by atoms with van der Waals surface area (Å²) in [5.74, 6) is -1.53. The quantitative estimate of drug-likeness (QED) is 0.438. The van der Waals surface area contributed by atoms with E-state index in [1.165, 1.54) is 5.56 Å². The Hall–Kier alpha value is -3.15. The van der Waals surface area contributed by atoms with Crippen LogP contribution in [0.2, 0.25) is 0 Å². The molecule has 3 amide bonds. The van der Waals surface area contributed by atoms with Gasteiger partial charge in [0.1, 0.15) is 6.04 Å². The molecule has 2 aromatic rings. The van der Waals surface area contributed by atoms with Crippen molar-refractivity contribution in [1.29, 1.82) is 0 Å². The average molecular weight is 506 g/mol. The summed E-state index contributed by atoms with van der Waals surface area (Å²) < 4.78 is 0. The van der Waals surface area contributed by atoms with Crippen LogP contribution in [-0.2, 0) is 20.9 Å². The van der Waals surface area contributed by atoms with Crippen LogP contribution in [0.5, 0.6) is 0 Å². The molecule has 0 spiro atoms. The number of rotatable bonds is 11. The zero-order valence-corrected chi connectivity index (χ0v) is 22.8. The number of primary amides is 1. The maximum Gasteiger partial charge on any atom is 0.245 e. The molecule has 2 unspecified atom stereocenters. The molecule has 1 aliphatic heterocycles.